The molecule has 0 saturated heterocycles. The molecule has 1 heterocycles. The summed E-state index contributed by atoms with van der Waals surface area (Å²) in [5.74, 6) is 1.20. The van der Waals surface area contributed by atoms with Crippen molar-refractivity contribution < 1.29 is 4.74 Å². The number of nitrogens with one attached hydrogen (secondary N) is 1. The van der Waals surface area contributed by atoms with E-state index in [-0.39, 0.29) is 0 Å². The van der Waals surface area contributed by atoms with Crippen molar-refractivity contribution in [3.05, 3.63) is 11.3 Å². The Labute approximate surface area is 129 Å². The molecule has 0 radical (unpaired) electrons. The van der Waals surface area contributed by atoms with Crippen molar-refractivity contribution in [2.24, 2.45) is 7.05 Å². The molecule has 0 aromatic carbocycles. The molecule has 0 aliphatic heterocycles. The van der Waals surface area contributed by atoms with E-state index < -0.39 is 0 Å². The zero-order chi connectivity index (χ0) is 15.8. The maximum atomic E-state index is 5.07. The fourth-order valence-corrected chi connectivity index (χ4v) is 2.49. The fourth-order valence-electron chi connectivity index (χ4n) is 2.49. The van der Waals surface area contributed by atoms with E-state index >= 15 is 0 Å². The molecule has 1 N–H and O–H groups in total. The monoisotopic (exact) mass is 297 g/mol. The molecule has 6 nitrogen and oxygen atoms in total. The predicted octanol–water partition coefficient (Wildman–Crippen LogP) is 0.852. The van der Waals surface area contributed by atoms with E-state index in [1.54, 1.807) is 7.11 Å². The van der Waals surface area contributed by atoms with Crippen LogP contribution in [-0.4, -0.2) is 69.2 Å². The molecular formula is C15H31N5O. The minimum atomic E-state index is 0.729. The van der Waals surface area contributed by atoms with Gasteiger partial charge in [0.05, 0.1) is 12.3 Å². The molecule has 0 atom stereocenters. The molecule has 1 rings (SSSR count). The van der Waals surface area contributed by atoms with Gasteiger partial charge in [-0.3, -0.25) is 4.68 Å². The average molecular weight is 297 g/mol. The molecule has 0 aliphatic rings. The largest absolute Gasteiger partial charge is 0.383 e. The topological polar surface area (TPSA) is 45.6 Å². The van der Waals surface area contributed by atoms with Crippen molar-refractivity contribution in [1.29, 1.82) is 0 Å². The van der Waals surface area contributed by atoms with E-state index in [1.165, 1.54) is 11.4 Å². The van der Waals surface area contributed by atoms with Crippen LogP contribution in [0.15, 0.2) is 0 Å². The molecule has 0 saturated carbocycles. The molecule has 0 amide bonds. The van der Waals surface area contributed by atoms with Crippen molar-refractivity contribution in [2.45, 2.75) is 19.9 Å². The Morgan fingerprint density at radius 3 is 2.57 bits per heavy atom. The van der Waals surface area contributed by atoms with E-state index in [2.05, 4.69) is 48.3 Å². The SMILES string of the molecule is COCCNCc1c(C)nn(C)c1N(C)CCCN(C)C. The predicted molar refractivity (Wildman–Crippen MR) is 88.0 cm³/mol. The molecule has 122 valence electrons. The number of nitrogens with zero attached hydrogens (tertiary/aromatic N) is 4. The third-order valence-corrected chi connectivity index (χ3v) is 3.56. The van der Waals surface area contributed by atoms with Crippen LogP contribution in [0.3, 0.4) is 0 Å². The Bertz CT molecular complexity index is 416. The summed E-state index contributed by atoms with van der Waals surface area (Å²) < 4.78 is 7.05. The second kappa shape index (κ2) is 9.02. The van der Waals surface area contributed by atoms with Gasteiger partial charge in [0.2, 0.25) is 0 Å². The lowest BCUT2D eigenvalue weighted by molar-refractivity contribution is 0.199. The van der Waals surface area contributed by atoms with Crippen LogP contribution < -0.4 is 10.2 Å². The van der Waals surface area contributed by atoms with Crippen LogP contribution in [0.2, 0.25) is 0 Å². The van der Waals surface area contributed by atoms with Crippen molar-refractivity contribution in [3.63, 3.8) is 0 Å². The summed E-state index contributed by atoms with van der Waals surface area (Å²) in [7, 11) is 10.1. The lowest BCUT2D eigenvalue weighted by atomic mass is 10.2. The van der Waals surface area contributed by atoms with Gasteiger partial charge in [0, 0.05) is 46.4 Å². The Hall–Kier alpha value is -1.11. The van der Waals surface area contributed by atoms with E-state index in [1.807, 2.05) is 11.7 Å². The van der Waals surface area contributed by atoms with Gasteiger partial charge in [0.15, 0.2) is 0 Å². The van der Waals surface area contributed by atoms with Crippen LogP contribution in [0, 0.1) is 6.92 Å². The first-order valence-corrected chi connectivity index (χ1v) is 7.55. The number of methoxy groups -OCH3 is 1. The molecule has 0 bridgehead atoms. The zero-order valence-electron chi connectivity index (χ0n) is 14.4. The van der Waals surface area contributed by atoms with E-state index in [4.69, 9.17) is 4.74 Å². The van der Waals surface area contributed by atoms with E-state index in [9.17, 15) is 0 Å². The third-order valence-electron chi connectivity index (χ3n) is 3.56. The molecule has 1 aromatic rings. The van der Waals surface area contributed by atoms with Crippen LogP contribution in [0.5, 0.6) is 0 Å². The molecular weight excluding hydrogens is 266 g/mol. The molecule has 21 heavy (non-hydrogen) atoms. The van der Waals surface area contributed by atoms with Gasteiger partial charge < -0.3 is 19.9 Å². The normalized spacial score (nSPS) is 11.4. The number of aromatic nitrogens is 2. The smallest absolute Gasteiger partial charge is 0.131 e. The number of anilines is 1. The van der Waals surface area contributed by atoms with Gasteiger partial charge in [-0.05, 0) is 34.0 Å². The quantitative estimate of drug-likeness (QED) is 0.649. The lowest BCUT2D eigenvalue weighted by Crippen LogP contribution is -2.27. The number of aryl methyl sites for hydroxylation is 2. The van der Waals surface area contributed by atoms with Crippen LogP contribution in [0.1, 0.15) is 17.7 Å². The highest BCUT2D eigenvalue weighted by Crippen LogP contribution is 2.22. The van der Waals surface area contributed by atoms with Crippen molar-refractivity contribution in [1.82, 2.24) is 20.0 Å². The van der Waals surface area contributed by atoms with Crippen LogP contribution in [0.4, 0.5) is 5.82 Å². The Kier molecular flexibility index (Phi) is 7.71. The molecule has 0 aliphatic carbocycles. The van der Waals surface area contributed by atoms with Gasteiger partial charge >= 0.3 is 0 Å². The van der Waals surface area contributed by atoms with Crippen molar-refractivity contribution >= 4 is 5.82 Å². The first kappa shape index (κ1) is 17.9. The fraction of sp³-hybridized carbons (Fsp3) is 0.800. The average Bonchev–Trinajstić information content (AvgIpc) is 2.68. The Balaban J connectivity index is 2.66. The molecule has 1 aromatic heterocycles. The van der Waals surface area contributed by atoms with Gasteiger partial charge in [-0.1, -0.05) is 0 Å². The number of hydrogen-bond donors (Lipinski definition) is 1. The second-order valence-corrected chi connectivity index (χ2v) is 5.76. The lowest BCUT2D eigenvalue weighted by Gasteiger charge is -2.22. The molecule has 6 heteroatoms. The maximum absolute atomic E-state index is 5.07. The second-order valence-electron chi connectivity index (χ2n) is 5.76. The van der Waals surface area contributed by atoms with Gasteiger partial charge in [0.25, 0.3) is 0 Å². The number of hydrogen-bond acceptors (Lipinski definition) is 5. The Morgan fingerprint density at radius 2 is 1.95 bits per heavy atom. The van der Waals surface area contributed by atoms with Gasteiger partial charge in [-0.2, -0.15) is 5.10 Å². The summed E-state index contributed by atoms with van der Waals surface area (Å²) in [4.78, 5) is 4.52. The number of ether oxygens (including phenoxy) is 1. The summed E-state index contributed by atoms with van der Waals surface area (Å²) in [6, 6.07) is 0. The summed E-state index contributed by atoms with van der Waals surface area (Å²) >= 11 is 0. The van der Waals surface area contributed by atoms with Crippen molar-refractivity contribution in [3.8, 4) is 0 Å². The molecule has 0 unspecified atom stereocenters. The maximum Gasteiger partial charge on any atom is 0.131 e. The molecule has 0 spiro atoms. The summed E-state index contributed by atoms with van der Waals surface area (Å²) in [6.45, 7) is 6.62. The summed E-state index contributed by atoms with van der Waals surface area (Å²) in [5.41, 5.74) is 2.37. The minimum absolute atomic E-state index is 0.729. The van der Waals surface area contributed by atoms with E-state index in [0.717, 1.165) is 44.9 Å². The molecule has 0 fully saturated rings. The summed E-state index contributed by atoms with van der Waals surface area (Å²) in [6.07, 6.45) is 1.14. The Morgan fingerprint density at radius 1 is 1.24 bits per heavy atom. The highest BCUT2D eigenvalue weighted by molar-refractivity contribution is 5.49. The first-order chi connectivity index (χ1) is 9.97. The highest BCUT2D eigenvalue weighted by Gasteiger charge is 2.16. The first-order valence-electron chi connectivity index (χ1n) is 7.55. The van der Waals surface area contributed by atoms with Crippen molar-refractivity contribution in [2.75, 3.05) is 59.4 Å². The van der Waals surface area contributed by atoms with Gasteiger partial charge in [-0.25, -0.2) is 0 Å². The summed E-state index contributed by atoms with van der Waals surface area (Å²) in [5, 5.41) is 7.98. The van der Waals surface area contributed by atoms with Crippen LogP contribution >= 0.6 is 0 Å². The third kappa shape index (κ3) is 5.65. The minimum Gasteiger partial charge on any atom is -0.383 e. The van der Waals surface area contributed by atoms with Crippen LogP contribution in [0.25, 0.3) is 0 Å². The van der Waals surface area contributed by atoms with Gasteiger partial charge in [0.1, 0.15) is 5.82 Å². The van der Waals surface area contributed by atoms with E-state index in [0.29, 0.717) is 0 Å². The van der Waals surface area contributed by atoms with Crippen LogP contribution in [-0.2, 0) is 18.3 Å². The van der Waals surface area contributed by atoms with Gasteiger partial charge in [-0.15, -0.1) is 0 Å². The highest BCUT2D eigenvalue weighted by atomic mass is 16.5. The number of rotatable bonds is 10. The standard InChI is InChI=1S/C15H31N5O/c1-13-14(12-16-8-11-21-6)15(20(5)17-13)19(4)10-7-9-18(2)3/h16H,7-12H2,1-6H3. The zero-order valence-corrected chi connectivity index (χ0v) is 14.4.